The summed E-state index contributed by atoms with van der Waals surface area (Å²) in [5.74, 6) is -0.428. The Morgan fingerprint density at radius 3 is 2.63 bits per heavy atom. The summed E-state index contributed by atoms with van der Waals surface area (Å²) in [5.41, 5.74) is 0.229. The summed E-state index contributed by atoms with van der Waals surface area (Å²) in [6, 6.07) is 10.8. The molecule has 0 saturated carbocycles. The van der Waals surface area contributed by atoms with E-state index in [0.29, 0.717) is 5.00 Å². The van der Waals surface area contributed by atoms with Gasteiger partial charge in [0.25, 0.3) is 5.91 Å². The number of nitrogens with zero attached hydrogens (tertiary/aromatic N) is 2. The molecule has 5 nitrogen and oxygen atoms in total. The predicted molar refractivity (Wildman–Crippen MR) is 73.5 cm³/mol. The van der Waals surface area contributed by atoms with E-state index in [9.17, 15) is 9.90 Å². The molecule has 0 radical (unpaired) electrons. The van der Waals surface area contributed by atoms with Gasteiger partial charge >= 0.3 is 0 Å². The molecule has 2 aromatic carbocycles. The number of amides is 1. The van der Waals surface area contributed by atoms with Crippen LogP contribution in [-0.4, -0.2) is 20.6 Å². The van der Waals surface area contributed by atoms with E-state index in [-0.39, 0.29) is 17.2 Å². The van der Waals surface area contributed by atoms with Crippen molar-refractivity contribution in [2.45, 2.75) is 0 Å². The Hall–Kier alpha value is -2.47. The molecule has 1 heterocycles. The average molecular weight is 271 g/mol. The Bertz CT molecular complexity index is 741. The van der Waals surface area contributed by atoms with Crippen LogP contribution in [0.3, 0.4) is 0 Å². The molecule has 1 amide bonds. The quantitative estimate of drug-likeness (QED) is 0.751. The molecule has 3 rings (SSSR count). The van der Waals surface area contributed by atoms with Gasteiger partial charge in [-0.15, -0.1) is 5.10 Å². The SMILES string of the molecule is O=C(Nc1cnns1)c1cc2ccccc2cc1O. The van der Waals surface area contributed by atoms with Gasteiger partial charge in [-0.3, -0.25) is 4.79 Å². The van der Waals surface area contributed by atoms with E-state index in [2.05, 4.69) is 14.9 Å². The number of carbonyl (C=O) groups excluding carboxylic acids is 1. The van der Waals surface area contributed by atoms with Crippen molar-refractivity contribution < 1.29 is 9.90 Å². The van der Waals surface area contributed by atoms with E-state index in [1.807, 2.05) is 24.3 Å². The number of aromatic hydroxyl groups is 1. The summed E-state index contributed by atoms with van der Waals surface area (Å²) in [6.07, 6.45) is 1.46. The van der Waals surface area contributed by atoms with Gasteiger partial charge in [0, 0.05) is 11.5 Å². The average Bonchev–Trinajstić information content (AvgIpc) is 2.90. The fourth-order valence-electron chi connectivity index (χ4n) is 1.81. The first-order chi connectivity index (χ1) is 9.24. The fourth-order valence-corrected chi connectivity index (χ4v) is 2.23. The van der Waals surface area contributed by atoms with Crippen molar-refractivity contribution in [3.63, 3.8) is 0 Å². The lowest BCUT2D eigenvalue weighted by atomic mass is 10.1. The number of anilines is 1. The molecular weight excluding hydrogens is 262 g/mol. The molecule has 0 atom stereocenters. The molecular formula is C13H9N3O2S. The number of phenols is 1. The van der Waals surface area contributed by atoms with E-state index in [1.54, 1.807) is 12.1 Å². The topological polar surface area (TPSA) is 75.1 Å². The van der Waals surface area contributed by atoms with Crippen LogP contribution in [0.15, 0.2) is 42.6 Å². The van der Waals surface area contributed by atoms with Gasteiger partial charge in [0.1, 0.15) is 10.8 Å². The smallest absolute Gasteiger partial charge is 0.260 e. The number of carbonyl (C=O) groups is 1. The van der Waals surface area contributed by atoms with Crippen molar-refractivity contribution in [2.75, 3.05) is 5.32 Å². The highest BCUT2D eigenvalue weighted by molar-refractivity contribution is 7.10. The van der Waals surface area contributed by atoms with Crippen LogP contribution < -0.4 is 5.32 Å². The summed E-state index contributed by atoms with van der Waals surface area (Å²) >= 11 is 1.08. The molecule has 0 spiro atoms. The standard InChI is InChI=1S/C13H9N3O2S/c17-11-6-9-4-2-1-3-8(9)5-10(11)13(18)15-12-7-14-16-19-12/h1-7,17H,(H,15,18). The summed E-state index contributed by atoms with van der Waals surface area (Å²) < 4.78 is 3.66. The monoisotopic (exact) mass is 271 g/mol. The molecule has 0 aliphatic rings. The van der Waals surface area contributed by atoms with Crippen LogP contribution in [0.25, 0.3) is 10.8 Å². The largest absolute Gasteiger partial charge is 0.507 e. The van der Waals surface area contributed by atoms with Gasteiger partial charge in [0.15, 0.2) is 0 Å². The second kappa shape index (κ2) is 4.66. The molecule has 0 bridgehead atoms. The summed E-state index contributed by atoms with van der Waals surface area (Å²) in [4.78, 5) is 12.1. The van der Waals surface area contributed by atoms with E-state index in [4.69, 9.17) is 0 Å². The van der Waals surface area contributed by atoms with Crippen molar-refractivity contribution in [1.29, 1.82) is 0 Å². The van der Waals surface area contributed by atoms with Crippen molar-refractivity contribution in [2.24, 2.45) is 0 Å². The molecule has 0 saturated heterocycles. The van der Waals surface area contributed by atoms with Crippen molar-refractivity contribution in [3.05, 3.63) is 48.2 Å². The molecule has 3 aromatic rings. The minimum absolute atomic E-state index is 0.0475. The van der Waals surface area contributed by atoms with Gasteiger partial charge in [0.2, 0.25) is 0 Å². The van der Waals surface area contributed by atoms with Crippen LogP contribution in [0.4, 0.5) is 5.00 Å². The van der Waals surface area contributed by atoms with E-state index in [0.717, 1.165) is 22.3 Å². The Morgan fingerprint density at radius 2 is 1.95 bits per heavy atom. The number of fused-ring (bicyclic) bond motifs is 1. The number of phenolic OH excluding ortho intramolecular Hbond substituents is 1. The van der Waals surface area contributed by atoms with Crippen LogP contribution in [0.2, 0.25) is 0 Å². The highest BCUT2D eigenvalue weighted by atomic mass is 32.1. The Labute approximate surface area is 112 Å². The molecule has 19 heavy (non-hydrogen) atoms. The zero-order chi connectivity index (χ0) is 13.2. The van der Waals surface area contributed by atoms with Crippen LogP contribution in [0.5, 0.6) is 5.75 Å². The molecule has 0 aliphatic heterocycles. The van der Waals surface area contributed by atoms with Crippen LogP contribution in [0, 0.1) is 0 Å². The number of rotatable bonds is 2. The second-order valence-electron chi connectivity index (χ2n) is 3.95. The maximum Gasteiger partial charge on any atom is 0.260 e. The summed E-state index contributed by atoms with van der Waals surface area (Å²) in [7, 11) is 0. The first kappa shape index (κ1) is 11.6. The lowest BCUT2D eigenvalue weighted by molar-refractivity contribution is 0.102. The second-order valence-corrected chi connectivity index (χ2v) is 4.74. The van der Waals surface area contributed by atoms with Crippen molar-refractivity contribution in [3.8, 4) is 5.75 Å². The first-order valence-corrected chi connectivity index (χ1v) is 6.32. The Kier molecular flexibility index (Phi) is 2.85. The third-order valence-corrected chi connectivity index (χ3v) is 3.29. The number of benzene rings is 2. The van der Waals surface area contributed by atoms with Gasteiger partial charge in [0.05, 0.1) is 11.8 Å². The first-order valence-electron chi connectivity index (χ1n) is 5.54. The number of aromatic nitrogens is 2. The van der Waals surface area contributed by atoms with Gasteiger partial charge in [-0.1, -0.05) is 28.8 Å². The normalized spacial score (nSPS) is 10.5. The molecule has 2 N–H and O–H groups in total. The molecule has 94 valence electrons. The minimum atomic E-state index is -0.380. The van der Waals surface area contributed by atoms with Crippen LogP contribution in [-0.2, 0) is 0 Å². The summed E-state index contributed by atoms with van der Waals surface area (Å²) in [5, 5.41) is 18.5. The van der Waals surface area contributed by atoms with Crippen molar-refractivity contribution in [1.82, 2.24) is 9.59 Å². The van der Waals surface area contributed by atoms with E-state index in [1.165, 1.54) is 6.20 Å². The van der Waals surface area contributed by atoms with Gasteiger partial charge in [-0.25, -0.2) is 0 Å². The van der Waals surface area contributed by atoms with Gasteiger partial charge in [-0.05, 0) is 22.9 Å². The minimum Gasteiger partial charge on any atom is -0.507 e. The Morgan fingerprint density at radius 1 is 1.21 bits per heavy atom. The molecule has 0 aliphatic carbocycles. The number of nitrogens with one attached hydrogen (secondary N) is 1. The van der Waals surface area contributed by atoms with E-state index >= 15 is 0 Å². The van der Waals surface area contributed by atoms with Crippen molar-refractivity contribution >= 4 is 33.2 Å². The van der Waals surface area contributed by atoms with Gasteiger partial charge < -0.3 is 10.4 Å². The lowest BCUT2D eigenvalue weighted by Crippen LogP contribution is -2.11. The molecule has 0 fully saturated rings. The number of hydrogen-bond donors (Lipinski definition) is 2. The third kappa shape index (κ3) is 2.25. The third-order valence-electron chi connectivity index (χ3n) is 2.71. The molecule has 6 heteroatoms. The highest BCUT2D eigenvalue weighted by Crippen LogP contribution is 2.26. The summed E-state index contributed by atoms with van der Waals surface area (Å²) in [6.45, 7) is 0. The number of hydrogen-bond acceptors (Lipinski definition) is 5. The highest BCUT2D eigenvalue weighted by Gasteiger charge is 2.13. The molecule has 0 unspecified atom stereocenters. The zero-order valence-corrected chi connectivity index (χ0v) is 10.5. The predicted octanol–water partition coefficient (Wildman–Crippen LogP) is 2.65. The fraction of sp³-hybridized carbons (Fsp3) is 0. The zero-order valence-electron chi connectivity index (χ0n) is 9.70. The van der Waals surface area contributed by atoms with Gasteiger partial charge in [-0.2, -0.15) is 0 Å². The Balaban J connectivity index is 1.99. The maximum atomic E-state index is 12.1. The van der Waals surface area contributed by atoms with E-state index < -0.39 is 0 Å². The van der Waals surface area contributed by atoms with Crippen LogP contribution >= 0.6 is 11.5 Å². The van der Waals surface area contributed by atoms with Crippen LogP contribution in [0.1, 0.15) is 10.4 Å². The molecule has 1 aromatic heterocycles. The lowest BCUT2D eigenvalue weighted by Gasteiger charge is -2.06. The maximum absolute atomic E-state index is 12.1.